The number of carbonyl (C=O) groups excluding carboxylic acids is 1. The van der Waals surface area contributed by atoms with E-state index in [1.165, 1.54) is 30.4 Å². The summed E-state index contributed by atoms with van der Waals surface area (Å²) in [6.07, 6.45) is 5.69. The number of benzene rings is 2. The van der Waals surface area contributed by atoms with Crippen molar-refractivity contribution in [3.8, 4) is 0 Å². The van der Waals surface area contributed by atoms with E-state index in [-0.39, 0.29) is 11.9 Å². The van der Waals surface area contributed by atoms with Gasteiger partial charge in [0.1, 0.15) is 0 Å². The predicted molar refractivity (Wildman–Crippen MR) is 103 cm³/mol. The van der Waals surface area contributed by atoms with Crippen LogP contribution in [0.4, 0.5) is 5.69 Å². The first-order valence-corrected chi connectivity index (χ1v) is 9.44. The molecule has 132 valence electrons. The van der Waals surface area contributed by atoms with Gasteiger partial charge in [0.15, 0.2) is 0 Å². The van der Waals surface area contributed by atoms with Crippen LogP contribution >= 0.6 is 0 Å². The molecule has 1 aliphatic rings. The van der Waals surface area contributed by atoms with Crippen molar-refractivity contribution >= 4 is 11.6 Å². The van der Waals surface area contributed by atoms with Crippen molar-refractivity contribution in [3.05, 3.63) is 65.7 Å². The van der Waals surface area contributed by atoms with Crippen LogP contribution in [0.1, 0.15) is 50.2 Å². The number of carbonyl (C=O) groups is 1. The van der Waals surface area contributed by atoms with Crippen molar-refractivity contribution in [2.24, 2.45) is 0 Å². The summed E-state index contributed by atoms with van der Waals surface area (Å²) in [4.78, 5) is 15.2. The molecule has 0 saturated carbocycles. The van der Waals surface area contributed by atoms with E-state index in [2.05, 4.69) is 47.5 Å². The van der Waals surface area contributed by atoms with Crippen molar-refractivity contribution in [1.29, 1.82) is 0 Å². The molecule has 1 unspecified atom stereocenters. The summed E-state index contributed by atoms with van der Waals surface area (Å²) in [6.45, 7) is 3.83. The van der Waals surface area contributed by atoms with Gasteiger partial charge in [0.05, 0.1) is 6.04 Å². The maximum atomic E-state index is 12.9. The van der Waals surface area contributed by atoms with Gasteiger partial charge in [0.25, 0.3) is 0 Å². The molecule has 0 fully saturated rings. The topological polar surface area (TPSA) is 32.3 Å². The van der Waals surface area contributed by atoms with Gasteiger partial charge < -0.3 is 5.32 Å². The molecule has 0 aromatic heterocycles. The lowest BCUT2D eigenvalue weighted by atomic mass is 10.0. The molecule has 0 spiro atoms. The zero-order valence-corrected chi connectivity index (χ0v) is 15.1. The molecule has 1 aliphatic heterocycles. The Hall–Kier alpha value is -2.13. The fraction of sp³-hybridized carbons (Fsp3) is 0.409. The summed E-state index contributed by atoms with van der Waals surface area (Å²) in [7, 11) is 0. The Kier molecular flexibility index (Phi) is 6.24. The number of rotatable bonds is 7. The molecule has 3 heteroatoms. The van der Waals surface area contributed by atoms with E-state index < -0.39 is 0 Å². The first kappa shape index (κ1) is 17.7. The number of fused-ring (bicyclic) bond motifs is 1. The highest BCUT2D eigenvalue weighted by Crippen LogP contribution is 2.26. The molecule has 1 N–H and O–H groups in total. The molecule has 2 aromatic carbocycles. The fourth-order valence-corrected chi connectivity index (χ4v) is 3.55. The number of nitrogens with zero attached hydrogens (tertiary/aromatic N) is 1. The first-order chi connectivity index (χ1) is 12.3. The van der Waals surface area contributed by atoms with Gasteiger partial charge in [-0.25, -0.2) is 0 Å². The molecular weight excluding hydrogens is 308 g/mol. The van der Waals surface area contributed by atoms with E-state index in [0.29, 0.717) is 0 Å². The van der Waals surface area contributed by atoms with Gasteiger partial charge >= 0.3 is 0 Å². The average Bonchev–Trinajstić information content (AvgIpc) is 2.76. The average molecular weight is 336 g/mol. The monoisotopic (exact) mass is 336 g/mol. The second-order valence-corrected chi connectivity index (χ2v) is 6.90. The zero-order chi connectivity index (χ0) is 17.5. The first-order valence-electron chi connectivity index (χ1n) is 9.44. The van der Waals surface area contributed by atoms with Crippen molar-refractivity contribution in [2.75, 3.05) is 5.32 Å². The smallest absolute Gasteiger partial charge is 0.241 e. The van der Waals surface area contributed by atoms with Gasteiger partial charge in [-0.05, 0) is 23.6 Å². The van der Waals surface area contributed by atoms with Gasteiger partial charge in [0.2, 0.25) is 5.91 Å². The maximum absolute atomic E-state index is 12.9. The Morgan fingerprint density at radius 2 is 1.76 bits per heavy atom. The van der Waals surface area contributed by atoms with E-state index in [4.69, 9.17) is 0 Å². The van der Waals surface area contributed by atoms with Crippen LogP contribution in [0.5, 0.6) is 0 Å². The van der Waals surface area contributed by atoms with Gasteiger partial charge in [-0.3, -0.25) is 9.69 Å². The third-order valence-electron chi connectivity index (χ3n) is 4.95. The van der Waals surface area contributed by atoms with E-state index >= 15 is 0 Å². The summed E-state index contributed by atoms with van der Waals surface area (Å²) in [6, 6.07) is 18.6. The minimum absolute atomic E-state index is 0.0653. The minimum Gasteiger partial charge on any atom is -0.324 e. The van der Waals surface area contributed by atoms with Crippen LogP contribution in [-0.4, -0.2) is 16.8 Å². The Labute approximate surface area is 151 Å². The van der Waals surface area contributed by atoms with Gasteiger partial charge in [0, 0.05) is 18.8 Å². The quantitative estimate of drug-likeness (QED) is 0.723. The molecule has 3 nitrogen and oxygen atoms in total. The van der Waals surface area contributed by atoms with Gasteiger partial charge in [-0.1, -0.05) is 81.1 Å². The lowest BCUT2D eigenvalue weighted by Crippen LogP contribution is -2.41. The molecule has 1 heterocycles. The molecule has 0 aliphatic carbocycles. The highest BCUT2D eigenvalue weighted by atomic mass is 16.2. The Morgan fingerprint density at radius 1 is 1.00 bits per heavy atom. The van der Waals surface area contributed by atoms with Gasteiger partial charge in [-0.15, -0.1) is 0 Å². The Balaban J connectivity index is 1.80. The summed E-state index contributed by atoms with van der Waals surface area (Å²) in [5.41, 5.74) is 3.41. The van der Waals surface area contributed by atoms with Crippen LogP contribution in [0.15, 0.2) is 54.6 Å². The largest absolute Gasteiger partial charge is 0.324 e. The third-order valence-corrected chi connectivity index (χ3v) is 4.95. The number of anilines is 1. The Morgan fingerprint density at radius 3 is 2.56 bits per heavy atom. The normalized spacial score (nSPS) is 17.6. The fourth-order valence-electron chi connectivity index (χ4n) is 3.55. The van der Waals surface area contributed by atoms with Crippen LogP contribution in [-0.2, 0) is 17.9 Å². The van der Waals surface area contributed by atoms with E-state index in [0.717, 1.165) is 31.6 Å². The lowest BCUT2D eigenvalue weighted by molar-refractivity contribution is -0.121. The number of hydrogen-bond acceptors (Lipinski definition) is 2. The lowest BCUT2D eigenvalue weighted by Gasteiger charge is -2.28. The number of hydrogen-bond donors (Lipinski definition) is 1. The molecular formula is C22H28N2O. The van der Waals surface area contributed by atoms with E-state index in [1.54, 1.807) is 0 Å². The number of nitrogens with one attached hydrogen (secondary N) is 1. The van der Waals surface area contributed by atoms with Crippen LogP contribution in [0.2, 0.25) is 0 Å². The molecule has 1 atom stereocenters. The van der Waals surface area contributed by atoms with Crippen molar-refractivity contribution in [3.63, 3.8) is 0 Å². The highest BCUT2D eigenvalue weighted by Gasteiger charge is 2.29. The van der Waals surface area contributed by atoms with Gasteiger partial charge in [-0.2, -0.15) is 0 Å². The predicted octanol–water partition coefficient (Wildman–Crippen LogP) is 4.98. The second-order valence-electron chi connectivity index (χ2n) is 6.90. The Bertz CT molecular complexity index is 683. The maximum Gasteiger partial charge on any atom is 0.241 e. The zero-order valence-electron chi connectivity index (χ0n) is 15.1. The SMILES string of the molecule is CCCCCCC1C(=O)Nc2ccccc2CN1Cc1ccccc1. The molecule has 0 radical (unpaired) electrons. The summed E-state index contributed by atoms with van der Waals surface area (Å²) in [5.74, 6) is 0.136. The summed E-state index contributed by atoms with van der Waals surface area (Å²) in [5, 5.41) is 3.15. The molecule has 3 rings (SSSR count). The summed E-state index contributed by atoms with van der Waals surface area (Å²) < 4.78 is 0. The van der Waals surface area contributed by atoms with Crippen LogP contribution in [0.3, 0.4) is 0 Å². The molecule has 0 saturated heterocycles. The number of para-hydroxylation sites is 1. The summed E-state index contributed by atoms with van der Waals surface area (Å²) >= 11 is 0. The van der Waals surface area contributed by atoms with Crippen LogP contribution < -0.4 is 5.32 Å². The third kappa shape index (κ3) is 4.70. The molecule has 2 aromatic rings. The molecule has 0 bridgehead atoms. The highest BCUT2D eigenvalue weighted by molar-refractivity contribution is 5.96. The molecule has 25 heavy (non-hydrogen) atoms. The standard InChI is InChI=1S/C22H28N2O/c1-2-3-4-8-15-21-22(25)23-20-14-10-9-13-19(20)17-24(21)16-18-11-6-5-7-12-18/h5-7,9-14,21H,2-4,8,15-17H2,1H3,(H,23,25). The van der Waals surface area contributed by atoms with Crippen LogP contribution in [0, 0.1) is 0 Å². The molecule has 1 amide bonds. The number of amides is 1. The van der Waals surface area contributed by atoms with E-state index in [1.807, 2.05) is 24.3 Å². The number of unbranched alkanes of at least 4 members (excludes halogenated alkanes) is 3. The van der Waals surface area contributed by atoms with Crippen LogP contribution in [0.25, 0.3) is 0 Å². The van der Waals surface area contributed by atoms with Crippen molar-refractivity contribution < 1.29 is 4.79 Å². The minimum atomic E-state index is -0.0653. The van der Waals surface area contributed by atoms with E-state index in [9.17, 15) is 4.79 Å². The second kappa shape index (κ2) is 8.82. The van der Waals surface area contributed by atoms with Crippen molar-refractivity contribution in [1.82, 2.24) is 4.90 Å². The van der Waals surface area contributed by atoms with Crippen molar-refractivity contribution in [2.45, 2.75) is 58.2 Å².